The third-order valence-corrected chi connectivity index (χ3v) is 4.72. The van der Waals surface area contributed by atoms with E-state index in [1.807, 2.05) is 20.0 Å². The zero-order valence-corrected chi connectivity index (χ0v) is 14.3. The number of furan rings is 1. The molecule has 4 aromatic rings. The molecule has 0 aliphatic rings. The number of hydrogen-bond acceptors (Lipinski definition) is 2. The number of aromatic nitrogens is 2. The highest BCUT2D eigenvalue weighted by Crippen LogP contribution is 2.38. The highest BCUT2D eigenvalue weighted by molar-refractivity contribution is 6.10. The van der Waals surface area contributed by atoms with Crippen LogP contribution in [0.3, 0.4) is 0 Å². The SMILES string of the molecule is [2H]C([2H])([2H])c1cc(C)c(-c2cc(C)c(C)c[n+]2C)c2oc3ncccc3c12. The average Bonchev–Trinajstić information content (AvgIpc) is 2.96. The Balaban J connectivity index is 2.21. The Labute approximate surface area is 145 Å². The molecule has 24 heavy (non-hydrogen) atoms. The normalized spacial score (nSPS) is 13.9. The van der Waals surface area contributed by atoms with Crippen LogP contribution < -0.4 is 4.57 Å². The van der Waals surface area contributed by atoms with Gasteiger partial charge in [0.05, 0.1) is 5.56 Å². The van der Waals surface area contributed by atoms with Crippen LogP contribution in [0.5, 0.6) is 0 Å². The monoisotopic (exact) mass is 320 g/mol. The number of aryl methyl sites for hydroxylation is 5. The summed E-state index contributed by atoms with van der Waals surface area (Å²) in [6.07, 6.45) is 3.73. The lowest BCUT2D eigenvalue weighted by Crippen LogP contribution is -2.31. The van der Waals surface area contributed by atoms with Crippen molar-refractivity contribution in [1.82, 2.24) is 4.98 Å². The molecule has 0 saturated heterocycles. The first-order valence-corrected chi connectivity index (χ1v) is 7.97. The first-order valence-electron chi connectivity index (χ1n) is 9.47. The molecule has 0 saturated carbocycles. The summed E-state index contributed by atoms with van der Waals surface area (Å²) >= 11 is 0. The Morgan fingerprint density at radius 2 is 1.92 bits per heavy atom. The molecule has 0 atom stereocenters. The maximum Gasteiger partial charge on any atom is 0.227 e. The van der Waals surface area contributed by atoms with E-state index in [0.717, 1.165) is 22.2 Å². The van der Waals surface area contributed by atoms with E-state index in [4.69, 9.17) is 8.53 Å². The van der Waals surface area contributed by atoms with Crippen molar-refractivity contribution < 1.29 is 13.1 Å². The number of hydrogen-bond donors (Lipinski definition) is 0. The molecular weight excluding hydrogens is 296 g/mol. The van der Waals surface area contributed by atoms with E-state index in [-0.39, 0.29) is 0 Å². The van der Waals surface area contributed by atoms with Crippen LogP contribution in [0.25, 0.3) is 33.3 Å². The van der Waals surface area contributed by atoms with Gasteiger partial charge in [-0.1, -0.05) is 6.07 Å². The van der Waals surface area contributed by atoms with E-state index >= 15 is 0 Å². The fraction of sp³-hybridized carbons (Fsp3) is 0.238. The van der Waals surface area contributed by atoms with E-state index in [9.17, 15) is 0 Å². The van der Waals surface area contributed by atoms with Gasteiger partial charge in [0.25, 0.3) is 0 Å². The van der Waals surface area contributed by atoms with Crippen LogP contribution in [0.4, 0.5) is 0 Å². The zero-order valence-electron chi connectivity index (χ0n) is 17.3. The number of benzene rings is 1. The Bertz CT molecular complexity index is 1210. The van der Waals surface area contributed by atoms with Gasteiger partial charge in [-0.3, -0.25) is 0 Å². The Hall–Kier alpha value is -2.68. The quantitative estimate of drug-likeness (QED) is 0.476. The van der Waals surface area contributed by atoms with Crippen LogP contribution in [-0.4, -0.2) is 4.98 Å². The molecule has 3 heteroatoms. The molecule has 4 rings (SSSR count). The van der Waals surface area contributed by atoms with Gasteiger partial charge in [0.2, 0.25) is 11.4 Å². The summed E-state index contributed by atoms with van der Waals surface area (Å²) in [6.45, 7) is 3.84. The first-order chi connectivity index (χ1) is 12.7. The van der Waals surface area contributed by atoms with Crippen molar-refractivity contribution in [2.45, 2.75) is 27.6 Å². The van der Waals surface area contributed by atoms with Gasteiger partial charge in [0.15, 0.2) is 11.8 Å². The standard InChI is InChI=1S/C21H21N2O/c1-12-10-17(23(5)11-15(12)4)19-14(3)9-13(2)18-16-7-6-8-22-21(16)24-20(18)19/h6-11H,1-5H3/q+1/i2D3. The molecule has 3 aromatic heterocycles. The molecular formula is C21H21N2O+. The van der Waals surface area contributed by atoms with Gasteiger partial charge in [0.1, 0.15) is 7.05 Å². The highest BCUT2D eigenvalue weighted by atomic mass is 16.3. The minimum atomic E-state index is -2.24. The van der Waals surface area contributed by atoms with Crippen molar-refractivity contribution in [1.29, 1.82) is 0 Å². The minimum absolute atomic E-state index is 0.303. The summed E-state index contributed by atoms with van der Waals surface area (Å²) in [4.78, 5) is 4.30. The van der Waals surface area contributed by atoms with Crippen LogP contribution in [0.2, 0.25) is 0 Å². The molecule has 0 fully saturated rings. The fourth-order valence-corrected chi connectivity index (χ4v) is 3.37. The molecule has 0 radical (unpaired) electrons. The Morgan fingerprint density at radius 1 is 1.08 bits per heavy atom. The van der Waals surface area contributed by atoms with Crippen molar-refractivity contribution >= 4 is 22.1 Å². The lowest BCUT2D eigenvalue weighted by atomic mass is 9.96. The van der Waals surface area contributed by atoms with Gasteiger partial charge in [0, 0.05) is 32.7 Å². The third kappa shape index (κ3) is 2.04. The second-order valence-corrected chi connectivity index (χ2v) is 6.41. The highest BCUT2D eigenvalue weighted by Gasteiger charge is 2.23. The van der Waals surface area contributed by atoms with Crippen LogP contribution in [-0.2, 0) is 7.05 Å². The lowest BCUT2D eigenvalue weighted by Gasteiger charge is -2.09. The van der Waals surface area contributed by atoms with Gasteiger partial charge in [-0.15, -0.1) is 0 Å². The Kier molecular flexibility index (Phi) is 2.54. The van der Waals surface area contributed by atoms with E-state index in [1.54, 1.807) is 18.3 Å². The summed E-state index contributed by atoms with van der Waals surface area (Å²) in [5, 5.41) is 1.35. The molecule has 3 nitrogen and oxygen atoms in total. The minimum Gasteiger partial charge on any atom is -0.437 e. The van der Waals surface area contributed by atoms with Crippen molar-refractivity contribution in [2.24, 2.45) is 7.05 Å². The molecule has 0 amide bonds. The molecule has 3 heterocycles. The molecule has 120 valence electrons. The van der Waals surface area contributed by atoms with Crippen molar-refractivity contribution in [2.75, 3.05) is 0 Å². The van der Waals surface area contributed by atoms with Gasteiger partial charge in [-0.05, 0) is 56.4 Å². The predicted octanol–water partition coefficient (Wildman–Crippen LogP) is 4.71. The van der Waals surface area contributed by atoms with Crippen LogP contribution in [0.1, 0.15) is 26.4 Å². The van der Waals surface area contributed by atoms with Crippen LogP contribution >= 0.6 is 0 Å². The number of rotatable bonds is 1. The molecule has 0 unspecified atom stereocenters. The largest absolute Gasteiger partial charge is 0.437 e. The van der Waals surface area contributed by atoms with Gasteiger partial charge >= 0.3 is 0 Å². The van der Waals surface area contributed by atoms with Gasteiger partial charge in [-0.2, -0.15) is 0 Å². The van der Waals surface area contributed by atoms with E-state index in [1.165, 1.54) is 11.1 Å². The predicted molar refractivity (Wildman–Crippen MR) is 97.1 cm³/mol. The first kappa shape index (κ1) is 11.8. The van der Waals surface area contributed by atoms with Gasteiger partial charge < -0.3 is 4.42 Å². The number of nitrogens with zero attached hydrogens (tertiary/aromatic N) is 2. The average molecular weight is 320 g/mol. The second-order valence-electron chi connectivity index (χ2n) is 6.41. The topological polar surface area (TPSA) is 29.9 Å². The summed E-state index contributed by atoms with van der Waals surface area (Å²) < 4.78 is 32.2. The summed E-state index contributed by atoms with van der Waals surface area (Å²) in [6, 6.07) is 7.55. The molecule has 1 aromatic carbocycles. The number of fused-ring (bicyclic) bond motifs is 3. The van der Waals surface area contributed by atoms with Crippen LogP contribution in [0.15, 0.2) is 41.1 Å². The summed E-state index contributed by atoms with van der Waals surface area (Å²) in [5.74, 6) is 0. The smallest absolute Gasteiger partial charge is 0.227 e. The Morgan fingerprint density at radius 3 is 2.71 bits per heavy atom. The molecule has 0 aliphatic heterocycles. The fourth-order valence-electron chi connectivity index (χ4n) is 3.37. The van der Waals surface area contributed by atoms with E-state index < -0.39 is 6.85 Å². The maximum atomic E-state index is 8.01. The van der Waals surface area contributed by atoms with Crippen molar-refractivity contribution in [3.63, 3.8) is 0 Å². The van der Waals surface area contributed by atoms with Gasteiger partial charge in [-0.25, -0.2) is 9.55 Å². The van der Waals surface area contributed by atoms with Crippen molar-refractivity contribution in [3.05, 3.63) is 58.9 Å². The summed E-state index contributed by atoms with van der Waals surface area (Å²) in [5.41, 5.74) is 6.46. The second kappa shape index (κ2) is 5.17. The maximum absolute atomic E-state index is 8.01. The van der Waals surface area contributed by atoms with E-state index in [0.29, 0.717) is 22.2 Å². The summed E-state index contributed by atoms with van der Waals surface area (Å²) in [7, 11) is 1.99. The molecule has 0 bridgehead atoms. The molecule has 0 aliphatic carbocycles. The molecule has 0 N–H and O–H groups in total. The molecule has 0 spiro atoms. The third-order valence-electron chi connectivity index (χ3n) is 4.72. The van der Waals surface area contributed by atoms with Crippen LogP contribution in [0, 0.1) is 27.6 Å². The van der Waals surface area contributed by atoms with Crippen molar-refractivity contribution in [3.8, 4) is 11.3 Å². The van der Waals surface area contributed by atoms with E-state index in [2.05, 4.69) is 35.7 Å². The lowest BCUT2D eigenvalue weighted by molar-refractivity contribution is -0.660. The zero-order chi connectivity index (χ0) is 19.5. The number of pyridine rings is 2.